The number of halogens is 3. The molecule has 3 heterocycles. The molecular formula is C22H16ClF2N5O2S. The summed E-state index contributed by atoms with van der Waals surface area (Å²) in [4.78, 5) is 30.9. The van der Waals surface area contributed by atoms with Crippen molar-refractivity contribution in [2.45, 2.75) is 31.5 Å². The van der Waals surface area contributed by atoms with E-state index in [0.717, 1.165) is 17.0 Å². The highest BCUT2D eigenvalue weighted by atomic mass is 35.5. The highest BCUT2D eigenvalue weighted by Crippen LogP contribution is 2.44. The van der Waals surface area contributed by atoms with Crippen molar-refractivity contribution >= 4 is 52.2 Å². The lowest BCUT2D eigenvalue weighted by Gasteiger charge is -2.36. The molecule has 3 fully saturated rings. The summed E-state index contributed by atoms with van der Waals surface area (Å²) in [6.45, 7) is 1.98. The number of anilines is 2. The fraction of sp³-hybridized carbons (Fsp3) is 0.273. The molecule has 33 heavy (non-hydrogen) atoms. The number of carbonyl (C=O) groups excluding carboxylic acids is 2. The quantitative estimate of drug-likeness (QED) is 0.513. The van der Waals surface area contributed by atoms with Gasteiger partial charge in [0.15, 0.2) is 5.11 Å². The summed E-state index contributed by atoms with van der Waals surface area (Å²) in [6.07, 6.45) is 0.519. The number of urea groups is 1. The number of hydrogen-bond donors (Lipinski definition) is 1. The molecule has 2 aromatic rings. The number of nitrogens with zero attached hydrogens (tertiary/aromatic N) is 4. The molecule has 0 aliphatic carbocycles. The molecule has 3 atom stereocenters. The summed E-state index contributed by atoms with van der Waals surface area (Å²) >= 11 is 11.7. The van der Waals surface area contributed by atoms with E-state index >= 15 is 0 Å². The number of imide groups is 1. The average molecular weight is 488 g/mol. The Balaban J connectivity index is 1.42. The van der Waals surface area contributed by atoms with Crippen LogP contribution in [0.25, 0.3) is 0 Å². The Bertz CT molecular complexity index is 1260. The molecule has 1 N–H and O–H groups in total. The van der Waals surface area contributed by atoms with E-state index in [1.807, 2.05) is 6.07 Å². The van der Waals surface area contributed by atoms with Gasteiger partial charge in [-0.1, -0.05) is 17.7 Å². The molecule has 1 unspecified atom stereocenters. The molecule has 2 aromatic carbocycles. The van der Waals surface area contributed by atoms with Gasteiger partial charge >= 0.3 is 6.03 Å². The first kappa shape index (κ1) is 21.6. The Hall–Kier alpha value is -3.29. The van der Waals surface area contributed by atoms with E-state index in [0.29, 0.717) is 24.2 Å². The molecular weight excluding hydrogens is 472 g/mol. The lowest BCUT2D eigenvalue weighted by molar-refractivity contribution is -0.120. The van der Waals surface area contributed by atoms with Gasteiger partial charge in [0.25, 0.3) is 5.91 Å². The number of nitrogens with one attached hydrogen (secondary N) is 1. The molecule has 0 saturated carbocycles. The number of para-hydroxylation sites is 1. The second-order valence-electron chi connectivity index (χ2n) is 8.13. The van der Waals surface area contributed by atoms with Gasteiger partial charge in [-0.15, -0.1) is 0 Å². The zero-order chi connectivity index (χ0) is 23.6. The third-order valence-corrected chi connectivity index (χ3v) is 7.26. The Morgan fingerprint density at radius 3 is 2.61 bits per heavy atom. The number of likely N-dealkylation sites (tertiary alicyclic amines) is 1. The molecule has 11 heteroatoms. The maximum Gasteiger partial charge on any atom is 0.332 e. The summed E-state index contributed by atoms with van der Waals surface area (Å²) in [5.74, 6) is -1.99. The van der Waals surface area contributed by atoms with Crippen LogP contribution >= 0.6 is 23.8 Å². The predicted molar refractivity (Wildman–Crippen MR) is 121 cm³/mol. The van der Waals surface area contributed by atoms with E-state index < -0.39 is 35.7 Å². The number of carbonyl (C=O) groups is 2. The van der Waals surface area contributed by atoms with Crippen molar-refractivity contribution in [1.29, 1.82) is 5.26 Å². The van der Waals surface area contributed by atoms with Gasteiger partial charge in [0.05, 0.1) is 28.4 Å². The Morgan fingerprint density at radius 1 is 1.24 bits per heavy atom. The number of nitriles is 1. The summed E-state index contributed by atoms with van der Waals surface area (Å²) in [6, 6.07) is 6.52. The smallest absolute Gasteiger partial charge is 0.332 e. The van der Waals surface area contributed by atoms with Crippen LogP contribution in [-0.2, 0) is 4.79 Å². The summed E-state index contributed by atoms with van der Waals surface area (Å²) in [5, 5.41) is 12.1. The largest absolute Gasteiger partial charge is 0.341 e. The SMILES string of the molecule is Cc1c(N2C(=O)[C@H]3C4C[C@H](CN4C(=S)Nc4c(F)cccc4F)N3C2=O)ccc(C#N)c1Cl. The van der Waals surface area contributed by atoms with Crippen molar-refractivity contribution in [3.8, 4) is 6.07 Å². The van der Waals surface area contributed by atoms with Gasteiger partial charge in [0.1, 0.15) is 29.4 Å². The molecule has 3 amide bonds. The second kappa shape index (κ2) is 7.64. The zero-order valence-electron chi connectivity index (χ0n) is 17.2. The highest BCUT2D eigenvalue weighted by molar-refractivity contribution is 7.80. The van der Waals surface area contributed by atoms with Crippen molar-refractivity contribution in [3.63, 3.8) is 0 Å². The predicted octanol–water partition coefficient (Wildman–Crippen LogP) is 3.79. The number of rotatable bonds is 2. The standard InChI is InChI=1S/C22H16ClF2N5O2S/c1-10-15(6-5-11(8-26)17(10)23)30-20(31)19-16-7-12(29(19)22(30)32)9-28(16)21(33)27-18-13(24)3-2-4-14(18)25/h2-6,12,16,19H,7,9H2,1H3,(H,27,33)/t12-,16?,19-/m1/s1. The third-order valence-electron chi connectivity index (χ3n) is 6.44. The number of fused-ring (bicyclic) bond motifs is 5. The second-order valence-corrected chi connectivity index (χ2v) is 8.89. The van der Waals surface area contributed by atoms with Gasteiger partial charge in [0.2, 0.25) is 0 Å². The van der Waals surface area contributed by atoms with Crippen LogP contribution in [0.1, 0.15) is 17.5 Å². The number of piperazine rings is 1. The Labute approximate surface area is 198 Å². The van der Waals surface area contributed by atoms with Crippen LogP contribution in [-0.4, -0.2) is 51.5 Å². The maximum atomic E-state index is 14.1. The van der Waals surface area contributed by atoms with Crippen LogP contribution in [0.15, 0.2) is 30.3 Å². The number of benzene rings is 2. The average Bonchev–Trinajstić information content (AvgIpc) is 3.45. The van der Waals surface area contributed by atoms with Crippen molar-refractivity contribution in [3.05, 3.63) is 58.1 Å². The van der Waals surface area contributed by atoms with E-state index in [-0.39, 0.29) is 27.4 Å². The first-order chi connectivity index (χ1) is 15.7. The maximum absolute atomic E-state index is 14.1. The van der Waals surface area contributed by atoms with Gasteiger partial charge in [-0.3, -0.25) is 4.79 Å². The minimum absolute atomic E-state index is 0.0856. The van der Waals surface area contributed by atoms with E-state index in [1.54, 1.807) is 16.7 Å². The molecule has 5 rings (SSSR count). The molecule has 0 aromatic heterocycles. The zero-order valence-corrected chi connectivity index (χ0v) is 18.8. The molecule has 0 spiro atoms. The number of thiocarbonyl (C=S) groups is 1. The van der Waals surface area contributed by atoms with Gasteiger partial charge < -0.3 is 15.1 Å². The van der Waals surface area contributed by atoms with E-state index in [4.69, 9.17) is 23.8 Å². The first-order valence-electron chi connectivity index (χ1n) is 10.1. The lowest BCUT2D eigenvalue weighted by atomic mass is 10.1. The van der Waals surface area contributed by atoms with Crippen molar-refractivity contribution in [2.24, 2.45) is 0 Å². The number of hydrogen-bond acceptors (Lipinski definition) is 4. The molecule has 7 nitrogen and oxygen atoms in total. The third kappa shape index (κ3) is 3.07. The van der Waals surface area contributed by atoms with Gasteiger partial charge in [-0.2, -0.15) is 5.26 Å². The molecule has 0 radical (unpaired) electrons. The van der Waals surface area contributed by atoms with Crippen molar-refractivity contribution < 1.29 is 18.4 Å². The van der Waals surface area contributed by atoms with E-state index in [2.05, 4.69) is 5.32 Å². The number of amides is 3. The highest BCUT2D eigenvalue weighted by Gasteiger charge is 2.62. The minimum atomic E-state index is -0.783. The molecule has 2 bridgehead atoms. The summed E-state index contributed by atoms with van der Waals surface area (Å²) in [7, 11) is 0. The fourth-order valence-corrected chi connectivity index (χ4v) is 5.43. The molecule has 168 valence electrons. The molecule has 3 aliphatic heterocycles. The topological polar surface area (TPSA) is 79.7 Å². The van der Waals surface area contributed by atoms with Gasteiger partial charge in [-0.05, 0) is 55.4 Å². The summed E-state index contributed by atoms with van der Waals surface area (Å²) < 4.78 is 28.1. The fourth-order valence-electron chi connectivity index (χ4n) is 4.91. The van der Waals surface area contributed by atoms with Crippen LogP contribution in [0, 0.1) is 29.9 Å². The van der Waals surface area contributed by atoms with Crippen LogP contribution < -0.4 is 10.2 Å². The van der Waals surface area contributed by atoms with Gasteiger partial charge in [0, 0.05) is 6.54 Å². The normalized spacial score (nSPS) is 23.2. The molecule has 3 aliphatic rings. The van der Waals surface area contributed by atoms with Crippen LogP contribution in [0.4, 0.5) is 25.0 Å². The monoisotopic (exact) mass is 487 g/mol. The Morgan fingerprint density at radius 2 is 1.94 bits per heavy atom. The van der Waals surface area contributed by atoms with E-state index in [9.17, 15) is 23.6 Å². The van der Waals surface area contributed by atoms with Crippen LogP contribution in [0.5, 0.6) is 0 Å². The van der Waals surface area contributed by atoms with Crippen LogP contribution in [0.3, 0.4) is 0 Å². The minimum Gasteiger partial charge on any atom is -0.341 e. The van der Waals surface area contributed by atoms with E-state index in [1.165, 1.54) is 18.2 Å². The van der Waals surface area contributed by atoms with Crippen molar-refractivity contribution in [2.75, 3.05) is 16.8 Å². The van der Waals surface area contributed by atoms with Gasteiger partial charge in [-0.25, -0.2) is 18.5 Å². The first-order valence-corrected chi connectivity index (χ1v) is 10.9. The summed E-state index contributed by atoms with van der Waals surface area (Å²) in [5.41, 5.74) is 0.666. The van der Waals surface area contributed by atoms with Crippen LogP contribution in [0.2, 0.25) is 5.02 Å². The molecule has 3 saturated heterocycles. The van der Waals surface area contributed by atoms with Crippen molar-refractivity contribution in [1.82, 2.24) is 9.80 Å². The lowest BCUT2D eigenvalue weighted by Crippen LogP contribution is -2.55. The Kier molecular flexibility index (Phi) is 4.99.